The largest absolute Gasteiger partial charge is 0.352 e. The molecule has 3 atom stereocenters. The molecule has 3 heterocycles. The van der Waals surface area contributed by atoms with E-state index in [0.717, 1.165) is 80.4 Å². The molecule has 14 heteroatoms. The van der Waals surface area contributed by atoms with Gasteiger partial charge in [0.25, 0.3) is 10.0 Å². The Morgan fingerprint density at radius 3 is 2.62 bits per heavy atom. The summed E-state index contributed by atoms with van der Waals surface area (Å²) in [5.41, 5.74) is 6.49. The molecule has 2 aliphatic carbocycles. The minimum Gasteiger partial charge on any atom is -0.352 e. The molecule has 7 rings (SSSR count). The van der Waals surface area contributed by atoms with E-state index in [2.05, 4.69) is 37.1 Å². The fourth-order valence-electron chi connectivity index (χ4n) is 7.43. The Hall–Kier alpha value is -3.91. The van der Waals surface area contributed by atoms with E-state index in [1.807, 2.05) is 11.8 Å². The van der Waals surface area contributed by atoms with Gasteiger partial charge in [-0.05, 0) is 91.8 Å². The number of nitrogens with zero attached hydrogens (tertiary/aromatic N) is 3. The van der Waals surface area contributed by atoms with Gasteiger partial charge in [0.15, 0.2) is 0 Å². The van der Waals surface area contributed by atoms with Gasteiger partial charge in [-0.15, -0.1) is 5.10 Å². The maximum Gasteiger partial charge on any atom is 0.333 e. The second kappa shape index (κ2) is 13.3. The summed E-state index contributed by atoms with van der Waals surface area (Å²) in [6, 6.07) is 7.89. The SMILES string of the molecule is O=C(CCCC[C@@H]1SC[C@@H]2NC(=O)C[C@@H]21)NCc1cn(-c2cccc(S(=O)(=O)NC(=O)Nc3c4c(cc5c3CCC5)CCC4)c2)nn1. The van der Waals surface area contributed by atoms with Crippen molar-refractivity contribution in [3.05, 3.63) is 64.5 Å². The molecule has 4 N–H and O–H groups in total. The fraction of sp³-hybridized carbons (Fsp3) is 0.485. The summed E-state index contributed by atoms with van der Waals surface area (Å²) in [4.78, 5) is 37.0. The summed E-state index contributed by atoms with van der Waals surface area (Å²) in [5.74, 6) is 1.48. The lowest BCUT2D eigenvalue weighted by atomic mass is 9.94. The highest BCUT2D eigenvalue weighted by Crippen LogP contribution is 2.41. The van der Waals surface area contributed by atoms with Crippen molar-refractivity contribution in [2.45, 2.75) is 93.4 Å². The van der Waals surface area contributed by atoms with E-state index >= 15 is 0 Å². The molecule has 0 bridgehead atoms. The molecular formula is C33H39N7O5S2. The molecule has 2 fully saturated rings. The lowest BCUT2D eigenvalue weighted by Gasteiger charge is -2.16. The molecule has 248 valence electrons. The van der Waals surface area contributed by atoms with Crippen molar-refractivity contribution >= 4 is 45.3 Å². The van der Waals surface area contributed by atoms with Gasteiger partial charge in [0, 0.05) is 41.5 Å². The molecule has 3 aromatic rings. The number of aromatic nitrogens is 3. The van der Waals surface area contributed by atoms with Crippen LogP contribution in [0, 0.1) is 5.92 Å². The first-order chi connectivity index (χ1) is 22.7. The third-order valence-electron chi connectivity index (χ3n) is 9.73. The fourth-order valence-corrected chi connectivity index (χ4v) is 10.0. The number of anilines is 1. The van der Waals surface area contributed by atoms with Crippen molar-refractivity contribution in [1.82, 2.24) is 30.3 Å². The first-order valence-electron chi connectivity index (χ1n) is 16.4. The number of fused-ring (bicyclic) bond motifs is 3. The molecule has 2 saturated heterocycles. The molecule has 0 spiro atoms. The standard InChI is InChI=1S/C33H39N7O5S2/c41-30(13-2-1-12-29-27-16-31(42)35-28(27)19-46-29)34-17-22-18-40(39-37-22)23-8-5-9-24(15-23)47(44,45)38-33(43)36-32-25-10-3-6-20(25)14-21-7-4-11-26(21)32/h5,8-9,14-15,18,27-29H,1-4,6-7,10-13,16-17,19H2,(H,34,41)(H,35,42)(H2,36,38,43)/t27-,28-,29-/m0/s1. The Morgan fingerprint density at radius 1 is 1.04 bits per heavy atom. The van der Waals surface area contributed by atoms with Gasteiger partial charge in [-0.2, -0.15) is 11.8 Å². The maximum absolute atomic E-state index is 13.2. The highest BCUT2D eigenvalue weighted by atomic mass is 32.2. The van der Waals surface area contributed by atoms with Crippen LogP contribution < -0.4 is 20.7 Å². The molecule has 0 unspecified atom stereocenters. The number of nitrogens with one attached hydrogen (secondary N) is 4. The van der Waals surface area contributed by atoms with E-state index in [-0.39, 0.29) is 23.3 Å². The molecular weight excluding hydrogens is 639 g/mol. The molecule has 47 heavy (non-hydrogen) atoms. The minimum absolute atomic E-state index is 0.0722. The van der Waals surface area contributed by atoms with Gasteiger partial charge >= 0.3 is 6.03 Å². The topological polar surface area (TPSA) is 164 Å². The van der Waals surface area contributed by atoms with Crippen molar-refractivity contribution in [2.24, 2.45) is 5.92 Å². The third-order valence-corrected chi connectivity index (χ3v) is 12.6. The Labute approximate surface area is 278 Å². The van der Waals surface area contributed by atoms with E-state index < -0.39 is 16.1 Å². The van der Waals surface area contributed by atoms with Crippen LogP contribution in [0.5, 0.6) is 0 Å². The second-order valence-electron chi connectivity index (χ2n) is 12.9. The summed E-state index contributed by atoms with van der Waals surface area (Å²) >= 11 is 1.93. The van der Waals surface area contributed by atoms with Crippen molar-refractivity contribution in [3.63, 3.8) is 0 Å². The monoisotopic (exact) mass is 677 g/mol. The summed E-state index contributed by atoms with van der Waals surface area (Å²) in [6.45, 7) is 0.196. The predicted octanol–water partition coefficient (Wildman–Crippen LogP) is 3.55. The van der Waals surface area contributed by atoms with Crippen LogP contribution in [0.4, 0.5) is 10.5 Å². The zero-order chi connectivity index (χ0) is 32.5. The number of sulfonamides is 1. The quantitative estimate of drug-likeness (QED) is 0.224. The summed E-state index contributed by atoms with van der Waals surface area (Å²) in [7, 11) is -4.18. The number of amides is 4. The van der Waals surface area contributed by atoms with E-state index in [0.29, 0.717) is 41.4 Å². The molecule has 0 radical (unpaired) electrons. The number of hydrogen-bond donors (Lipinski definition) is 4. The number of urea groups is 1. The Morgan fingerprint density at radius 2 is 1.83 bits per heavy atom. The van der Waals surface area contributed by atoms with Gasteiger partial charge < -0.3 is 16.0 Å². The van der Waals surface area contributed by atoms with E-state index in [4.69, 9.17) is 0 Å². The smallest absolute Gasteiger partial charge is 0.333 e. The number of benzene rings is 2. The van der Waals surface area contributed by atoms with Crippen molar-refractivity contribution in [1.29, 1.82) is 0 Å². The minimum atomic E-state index is -4.18. The first kappa shape index (κ1) is 31.7. The van der Waals surface area contributed by atoms with Crippen molar-refractivity contribution in [3.8, 4) is 5.69 Å². The number of rotatable bonds is 11. The lowest BCUT2D eigenvalue weighted by molar-refractivity contribution is -0.121. The molecule has 0 saturated carbocycles. The van der Waals surface area contributed by atoms with Crippen LogP contribution in [-0.4, -0.2) is 58.3 Å². The zero-order valence-electron chi connectivity index (χ0n) is 26.1. The van der Waals surface area contributed by atoms with Crippen molar-refractivity contribution in [2.75, 3.05) is 11.1 Å². The highest BCUT2D eigenvalue weighted by Gasteiger charge is 2.42. The number of aryl methyl sites for hydroxylation is 2. The molecule has 2 aromatic carbocycles. The number of hydrogen-bond acceptors (Lipinski definition) is 8. The van der Waals surface area contributed by atoms with Gasteiger partial charge in [0.05, 0.1) is 23.3 Å². The van der Waals surface area contributed by atoms with Crippen LogP contribution in [-0.2, 0) is 51.8 Å². The number of carbonyl (C=O) groups excluding carboxylic acids is 3. The maximum atomic E-state index is 13.2. The van der Waals surface area contributed by atoms with E-state index in [9.17, 15) is 22.8 Å². The molecule has 4 aliphatic rings. The average molecular weight is 678 g/mol. The van der Waals surface area contributed by atoms with Crippen LogP contribution in [0.25, 0.3) is 5.69 Å². The normalized spacial score (nSPS) is 21.2. The molecule has 2 aliphatic heterocycles. The third kappa shape index (κ3) is 6.89. The van der Waals surface area contributed by atoms with Gasteiger partial charge in [-0.3, -0.25) is 9.59 Å². The molecule has 12 nitrogen and oxygen atoms in total. The van der Waals surface area contributed by atoms with Gasteiger partial charge in [-0.25, -0.2) is 22.6 Å². The Kier molecular flexibility index (Phi) is 8.97. The summed E-state index contributed by atoms with van der Waals surface area (Å²) in [5, 5.41) is 17.5. The summed E-state index contributed by atoms with van der Waals surface area (Å²) in [6.07, 6.45) is 11.1. The molecule has 1 aromatic heterocycles. The first-order valence-corrected chi connectivity index (χ1v) is 19.0. The highest BCUT2D eigenvalue weighted by molar-refractivity contribution is 8.00. The predicted molar refractivity (Wildman–Crippen MR) is 178 cm³/mol. The van der Waals surface area contributed by atoms with Crippen molar-refractivity contribution < 1.29 is 22.8 Å². The van der Waals surface area contributed by atoms with E-state index in [1.165, 1.54) is 27.9 Å². The number of carbonyl (C=O) groups is 3. The van der Waals surface area contributed by atoms with Crippen LogP contribution in [0.3, 0.4) is 0 Å². The average Bonchev–Trinajstić information content (AvgIpc) is 3.88. The van der Waals surface area contributed by atoms with E-state index in [1.54, 1.807) is 18.3 Å². The van der Waals surface area contributed by atoms with Gasteiger partial charge in [-0.1, -0.05) is 23.8 Å². The zero-order valence-corrected chi connectivity index (χ0v) is 27.7. The Bertz CT molecular complexity index is 1790. The summed E-state index contributed by atoms with van der Waals surface area (Å²) < 4.78 is 30.1. The van der Waals surface area contributed by atoms with Gasteiger partial charge in [0.2, 0.25) is 11.8 Å². The van der Waals surface area contributed by atoms with Crippen LogP contribution in [0.2, 0.25) is 0 Å². The van der Waals surface area contributed by atoms with Crippen LogP contribution >= 0.6 is 11.8 Å². The molecule has 4 amide bonds. The Balaban J connectivity index is 0.905. The second-order valence-corrected chi connectivity index (χ2v) is 15.8. The van der Waals surface area contributed by atoms with Crippen LogP contribution in [0.1, 0.15) is 72.9 Å². The lowest BCUT2D eigenvalue weighted by Crippen LogP contribution is -2.35. The van der Waals surface area contributed by atoms with Crippen LogP contribution in [0.15, 0.2) is 41.4 Å². The number of unbranched alkanes of at least 4 members (excludes halogenated alkanes) is 1. The van der Waals surface area contributed by atoms with Gasteiger partial charge in [0.1, 0.15) is 5.69 Å². The number of thioether (sulfide) groups is 1.